The number of benzene rings is 1. The molecule has 0 aliphatic carbocycles. The van der Waals surface area contributed by atoms with Crippen LogP contribution in [0.15, 0.2) is 23.1 Å². The van der Waals surface area contributed by atoms with Gasteiger partial charge in [-0.05, 0) is 18.6 Å². The number of rotatable bonds is 3. The zero-order chi connectivity index (χ0) is 12.3. The molecule has 4 heteroatoms. The molecule has 17 heavy (non-hydrogen) atoms. The molecular formula is C13H17NO2S. The number of carbonyl (C=O) groups excluding carboxylic acids is 1. The van der Waals surface area contributed by atoms with E-state index in [0.717, 1.165) is 35.1 Å². The highest BCUT2D eigenvalue weighted by molar-refractivity contribution is 7.99. The Balaban J connectivity index is 2.28. The number of anilines is 1. The van der Waals surface area contributed by atoms with Crippen LogP contribution in [0.2, 0.25) is 0 Å². The summed E-state index contributed by atoms with van der Waals surface area (Å²) in [6, 6.07) is 5.88. The van der Waals surface area contributed by atoms with E-state index in [1.165, 1.54) is 0 Å². The lowest BCUT2D eigenvalue weighted by molar-refractivity contribution is -0.118. The van der Waals surface area contributed by atoms with Crippen LogP contribution >= 0.6 is 11.8 Å². The van der Waals surface area contributed by atoms with Crippen LogP contribution in [0.25, 0.3) is 0 Å². The predicted octanol–water partition coefficient (Wildman–Crippen LogP) is 2.93. The Morgan fingerprint density at radius 3 is 3.12 bits per heavy atom. The summed E-state index contributed by atoms with van der Waals surface area (Å²) in [5, 5.41) is 0. The van der Waals surface area contributed by atoms with Crippen LogP contribution < -0.4 is 9.64 Å². The summed E-state index contributed by atoms with van der Waals surface area (Å²) in [6.45, 7) is 2.76. The van der Waals surface area contributed by atoms with E-state index >= 15 is 0 Å². The fourth-order valence-electron chi connectivity index (χ4n) is 1.84. The van der Waals surface area contributed by atoms with Crippen molar-refractivity contribution >= 4 is 23.4 Å². The number of nitrogens with zero attached hydrogens (tertiary/aromatic N) is 1. The van der Waals surface area contributed by atoms with Crippen LogP contribution in [-0.4, -0.2) is 25.3 Å². The summed E-state index contributed by atoms with van der Waals surface area (Å²) >= 11 is 1.76. The van der Waals surface area contributed by atoms with Crippen molar-refractivity contribution < 1.29 is 9.53 Å². The van der Waals surface area contributed by atoms with Crippen molar-refractivity contribution in [2.45, 2.75) is 24.7 Å². The van der Waals surface area contributed by atoms with Gasteiger partial charge in [0.1, 0.15) is 5.75 Å². The van der Waals surface area contributed by atoms with Crippen molar-refractivity contribution in [1.82, 2.24) is 0 Å². The molecular weight excluding hydrogens is 234 g/mol. The summed E-state index contributed by atoms with van der Waals surface area (Å²) in [5.41, 5.74) is 0.964. The molecule has 1 aromatic carbocycles. The topological polar surface area (TPSA) is 29.5 Å². The van der Waals surface area contributed by atoms with Crippen LogP contribution in [0.4, 0.5) is 5.69 Å². The lowest BCUT2D eigenvalue weighted by atomic mass is 10.2. The zero-order valence-electron chi connectivity index (χ0n) is 10.2. The number of hydrogen-bond acceptors (Lipinski definition) is 3. The monoisotopic (exact) mass is 251 g/mol. The summed E-state index contributed by atoms with van der Waals surface area (Å²) in [4.78, 5) is 14.7. The number of thioether (sulfide) groups is 1. The molecule has 0 spiro atoms. The Morgan fingerprint density at radius 2 is 2.35 bits per heavy atom. The maximum atomic E-state index is 11.9. The fourth-order valence-corrected chi connectivity index (χ4v) is 2.83. The Morgan fingerprint density at radius 1 is 1.53 bits per heavy atom. The van der Waals surface area contributed by atoms with Crippen molar-refractivity contribution in [3.05, 3.63) is 18.2 Å². The van der Waals surface area contributed by atoms with E-state index in [1.54, 1.807) is 16.7 Å². The van der Waals surface area contributed by atoms with E-state index in [-0.39, 0.29) is 5.91 Å². The second-order valence-corrected chi connectivity index (χ2v) is 5.11. The first-order valence-electron chi connectivity index (χ1n) is 5.89. The predicted molar refractivity (Wildman–Crippen MR) is 71.0 cm³/mol. The molecule has 0 atom stereocenters. The van der Waals surface area contributed by atoms with Gasteiger partial charge in [-0.2, -0.15) is 0 Å². The van der Waals surface area contributed by atoms with Gasteiger partial charge < -0.3 is 9.64 Å². The Kier molecular flexibility index (Phi) is 3.94. The zero-order valence-corrected chi connectivity index (χ0v) is 11.0. The van der Waals surface area contributed by atoms with E-state index in [2.05, 4.69) is 0 Å². The van der Waals surface area contributed by atoms with E-state index in [1.807, 2.05) is 32.2 Å². The van der Waals surface area contributed by atoms with E-state index in [0.29, 0.717) is 6.42 Å². The molecule has 1 amide bonds. The van der Waals surface area contributed by atoms with Gasteiger partial charge in [-0.15, -0.1) is 11.8 Å². The van der Waals surface area contributed by atoms with Gasteiger partial charge in [-0.1, -0.05) is 13.0 Å². The molecule has 0 bridgehead atoms. The molecule has 0 fully saturated rings. The first kappa shape index (κ1) is 12.3. The summed E-state index contributed by atoms with van der Waals surface area (Å²) in [5.74, 6) is 2.00. The van der Waals surface area contributed by atoms with Crippen molar-refractivity contribution in [1.29, 1.82) is 0 Å². The molecule has 0 saturated carbocycles. The lowest BCUT2D eigenvalue weighted by Gasteiger charge is -2.24. The maximum Gasteiger partial charge on any atom is 0.226 e. The maximum absolute atomic E-state index is 11.9. The minimum absolute atomic E-state index is 0.159. The molecule has 2 rings (SSSR count). The highest BCUT2D eigenvalue weighted by Crippen LogP contribution is 2.40. The Bertz CT molecular complexity index is 420. The van der Waals surface area contributed by atoms with Crippen LogP contribution in [0.3, 0.4) is 0 Å². The Labute approximate surface area is 106 Å². The number of fused-ring (bicyclic) bond motifs is 1. The van der Waals surface area contributed by atoms with Crippen LogP contribution in [0.1, 0.15) is 19.8 Å². The highest BCUT2D eigenvalue weighted by Gasteiger charge is 2.19. The molecule has 1 heterocycles. The second-order valence-electron chi connectivity index (χ2n) is 4.00. The second kappa shape index (κ2) is 5.45. The van der Waals surface area contributed by atoms with E-state index < -0.39 is 0 Å². The number of ether oxygens (including phenoxy) is 1. The molecule has 1 aliphatic rings. The summed E-state index contributed by atoms with van der Waals surface area (Å²) < 4.78 is 5.60. The summed E-state index contributed by atoms with van der Waals surface area (Å²) in [7, 11) is 1.84. The molecule has 3 nitrogen and oxygen atoms in total. The first-order chi connectivity index (χ1) is 8.24. The molecule has 1 aliphatic heterocycles. The summed E-state index contributed by atoms with van der Waals surface area (Å²) in [6.07, 6.45) is 1.47. The lowest BCUT2D eigenvalue weighted by Crippen LogP contribution is -2.26. The SMILES string of the molecule is CCCC(=O)N(C)c1cccc2c1SCCO2. The van der Waals surface area contributed by atoms with Crippen molar-refractivity contribution in [2.75, 3.05) is 24.3 Å². The third kappa shape index (κ3) is 2.57. The highest BCUT2D eigenvalue weighted by atomic mass is 32.2. The van der Waals surface area contributed by atoms with Gasteiger partial charge in [-0.25, -0.2) is 0 Å². The molecule has 0 N–H and O–H groups in total. The van der Waals surface area contributed by atoms with Crippen molar-refractivity contribution in [3.8, 4) is 5.75 Å². The number of carbonyl (C=O) groups is 1. The van der Waals surface area contributed by atoms with Gasteiger partial charge in [0.15, 0.2) is 0 Å². The van der Waals surface area contributed by atoms with Crippen LogP contribution in [0.5, 0.6) is 5.75 Å². The molecule has 92 valence electrons. The third-order valence-electron chi connectivity index (χ3n) is 2.74. The number of hydrogen-bond donors (Lipinski definition) is 0. The normalized spacial score (nSPS) is 13.8. The first-order valence-corrected chi connectivity index (χ1v) is 6.87. The minimum Gasteiger partial charge on any atom is -0.491 e. The quantitative estimate of drug-likeness (QED) is 0.827. The van der Waals surface area contributed by atoms with Crippen LogP contribution in [-0.2, 0) is 4.79 Å². The average molecular weight is 251 g/mol. The Hall–Kier alpha value is -1.16. The smallest absolute Gasteiger partial charge is 0.226 e. The van der Waals surface area contributed by atoms with Gasteiger partial charge in [0.2, 0.25) is 5.91 Å². The van der Waals surface area contributed by atoms with Gasteiger partial charge in [0.25, 0.3) is 0 Å². The third-order valence-corrected chi connectivity index (χ3v) is 3.81. The molecule has 0 unspecified atom stereocenters. The standard InChI is InChI=1S/C13H17NO2S/c1-3-5-12(15)14(2)10-6-4-7-11-13(10)17-9-8-16-11/h4,6-7H,3,5,8-9H2,1-2H3. The fraction of sp³-hybridized carbons (Fsp3) is 0.462. The van der Waals surface area contributed by atoms with E-state index in [9.17, 15) is 4.79 Å². The van der Waals surface area contributed by atoms with Crippen molar-refractivity contribution in [2.24, 2.45) is 0 Å². The molecule has 0 radical (unpaired) electrons. The largest absolute Gasteiger partial charge is 0.491 e. The van der Waals surface area contributed by atoms with Gasteiger partial charge >= 0.3 is 0 Å². The van der Waals surface area contributed by atoms with Gasteiger partial charge in [0, 0.05) is 19.2 Å². The minimum atomic E-state index is 0.159. The van der Waals surface area contributed by atoms with Gasteiger partial charge in [0.05, 0.1) is 17.2 Å². The van der Waals surface area contributed by atoms with Crippen molar-refractivity contribution in [3.63, 3.8) is 0 Å². The van der Waals surface area contributed by atoms with Crippen LogP contribution in [0, 0.1) is 0 Å². The number of amides is 1. The molecule has 0 saturated heterocycles. The van der Waals surface area contributed by atoms with E-state index in [4.69, 9.17) is 4.74 Å². The van der Waals surface area contributed by atoms with Gasteiger partial charge in [-0.3, -0.25) is 4.79 Å². The average Bonchev–Trinajstić information content (AvgIpc) is 2.37. The molecule has 1 aromatic rings. The molecule has 0 aromatic heterocycles.